The zero-order valence-corrected chi connectivity index (χ0v) is 16.9. The van der Waals surface area contributed by atoms with Crippen molar-refractivity contribution < 1.29 is 18.5 Å². The third kappa shape index (κ3) is 3.33. The van der Waals surface area contributed by atoms with Crippen LogP contribution in [-0.2, 0) is 0 Å². The quantitative estimate of drug-likeness (QED) is 0.319. The molecule has 4 heterocycles. The Balaban J connectivity index is 1.52. The number of furan rings is 1. The second-order valence-corrected chi connectivity index (χ2v) is 6.97. The second kappa shape index (κ2) is 7.17. The normalized spacial score (nSPS) is 11.2. The number of nitrogens with zero attached hydrogens (tertiary/aromatic N) is 6. The number of aryl methyl sites for hydroxylation is 3. The molecule has 0 radical (unpaired) electrons. The Labute approximate surface area is 175 Å². The first-order chi connectivity index (χ1) is 15.0. The van der Waals surface area contributed by atoms with Gasteiger partial charge in [0.25, 0.3) is 5.71 Å². The first-order valence-electron chi connectivity index (χ1n) is 9.39. The maximum absolute atomic E-state index is 13.1. The highest BCUT2D eigenvalue weighted by Crippen LogP contribution is 2.31. The van der Waals surface area contributed by atoms with E-state index in [0.717, 1.165) is 17.0 Å². The maximum atomic E-state index is 13.1. The number of hydrogen-bond acceptors (Lipinski definition) is 9. The van der Waals surface area contributed by atoms with Crippen molar-refractivity contribution in [3.05, 3.63) is 65.5 Å². The molecule has 0 spiro atoms. The van der Waals surface area contributed by atoms with E-state index in [-0.39, 0.29) is 5.71 Å². The van der Waals surface area contributed by atoms with Crippen molar-refractivity contribution in [1.82, 2.24) is 30.3 Å². The van der Waals surface area contributed by atoms with Crippen LogP contribution in [0.15, 0.2) is 51.7 Å². The van der Waals surface area contributed by atoms with Gasteiger partial charge in [-0.1, -0.05) is 5.16 Å². The summed E-state index contributed by atoms with van der Waals surface area (Å²) in [7, 11) is 0. The Kier molecular flexibility index (Phi) is 4.32. The lowest BCUT2D eigenvalue weighted by molar-refractivity contribution is 0.0736. The molecular weight excluding hydrogens is 400 g/mol. The maximum Gasteiger partial charge on any atom is 0.344 e. The van der Waals surface area contributed by atoms with Crippen LogP contribution in [0.1, 0.15) is 27.6 Å². The number of pyridine rings is 1. The van der Waals surface area contributed by atoms with Crippen LogP contribution < -0.4 is 4.74 Å². The molecule has 10 nitrogen and oxygen atoms in total. The van der Waals surface area contributed by atoms with Crippen molar-refractivity contribution in [2.24, 2.45) is 0 Å². The highest BCUT2D eigenvalue weighted by Gasteiger charge is 2.22. The van der Waals surface area contributed by atoms with E-state index < -0.39 is 5.97 Å². The van der Waals surface area contributed by atoms with Crippen molar-refractivity contribution in [2.45, 2.75) is 20.8 Å². The Morgan fingerprint density at radius 1 is 1.10 bits per heavy atom. The van der Waals surface area contributed by atoms with Crippen molar-refractivity contribution in [3.63, 3.8) is 0 Å². The molecule has 0 bridgehead atoms. The highest BCUT2D eigenvalue weighted by atomic mass is 16.5. The lowest BCUT2D eigenvalue weighted by Crippen LogP contribution is -2.10. The minimum atomic E-state index is -0.548. The summed E-state index contributed by atoms with van der Waals surface area (Å²) in [6.07, 6.45) is 1.48. The van der Waals surface area contributed by atoms with Crippen molar-refractivity contribution in [2.75, 3.05) is 0 Å². The average Bonchev–Trinajstić information content (AvgIpc) is 3.49. The van der Waals surface area contributed by atoms with Gasteiger partial charge < -0.3 is 13.7 Å². The summed E-state index contributed by atoms with van der Waals surface area (Å²) in [4.78, 5) is 17.6. The predicted octanol–water partition coefficient (Wildman–Crippen LogP) is 3.60. The number of aromatic nitrogens is 6. The smallest absolute Gasteiger partial charge is 0.344 e. The summed E-state index contributed by atoms with van der Waals surface area (Å²) in [5, 5.41) is 15.5. The highest BCUT2D eigenvalue weighted by molar-refractivity contribution is 6.05. The van der Waals surface area contributed by atoms with Gasteiger partial charge in [0.05, 0.1) is 28.0 Å². The Hall–Kier alpha value is -4.34. The summed E-state index contributed by atoms with van der Waals surface area (Å²) >= 11 is 0. The van der Waals surface area contributed by atoms with Crippen LogP contribution in [0.2, 0.25) is 0 Å². The van der Waals surface area contributed by atoms with E-state index in [2.05, 4.69) is 25.7 Å². The monoisotopic (exact) mass is 416 g/mol. The summed E-state index contributed by atoms with van der Waals surface area (Å²) in [6, 6.07) is 10.3. The molecule has 0 atom stereocenters. The van der Waals surface area contributed by atoms with Crippen LogP contribution in [0.25, 0.3) is 28.0 Å². The molecule has 0 saturated heterocycles. The summed E-state index contributed by atoms with van der Waals surface area (Å²) in [5.41, 5.74) is 3.16. The molecule has 0 aliphatic heterocycles. The fourth-order valence-electron chi connectivity index (χ4n) is 3.39. The van der Waals surface area contributed by atoms with Gasteiger partial charge in [0.1, 0.15) is 23.6 Å². The zero-order valence-electron chi connectivity index (χ0n) is 16.9. The van der Waals surface area contributed by atoms with Crippen molar-refractivity contribution in [3.8, 4) is 22.7 Å². The minimum Gasteiger partial charge on any atom is -0.466 e. The van der Waals surface area contributed by atoms with Gasteiger partial charge in [0.15, 0.2) is 0 Å². The second-order valence-electron chi connectivity index (χ2n) is 6.97. The van der Waals surface area contributed by atoms with E-state index in [9.17, 15) is 4.79 Å². The van der Waals surface area contributed by atoms with Crippen molar-refractivity contribution >= 4 is 17.1 Å². The largest absolute Gasteiger partial charge is 0.466 e. The molecule has 0 saturated carbocycles. The molecule has 0 unspecified atom stereocenters. The SMILES string of the molecule is Cc1cc(-c2cc(C(=O)Oc3ccc(-n4cnnn4)cc3)c3c(C)noc3n2)c(C)o1. The van der Waals surface area contributed by atoms with Crippen LogP contribution in [0.4, 0.5) is 0 Å². The van der Waals surface area contributed by atoms with Gasteiger partial charge in [-0.25, -0.2) is 14.5 Å². The fraction of sp³-hybridized carbons (Fsp3) is 0.143. The molecule has 5 aromatic rings. The molecule has 0 amide bonds. The summed E-state index contributed by atoms with van der Waals surface area (Å²) < 4.78 is 18.1. The van der Waals surface area contributed by atoms with Crippen LogP contribution in [0, 0.1) is 20.8 Å². The molecule has 4 aromatic heterocycles. The molecule has 154 valence electrons. The van der Waals surface area contributed by atoms with E-state index in [1.54, 1.807) is 37.3 Å². The molecule has 0 N–H and O–H groups in total. The van der Waals surface area contributed by atoms with Gasteiger partial charge in [-0.3, -0.25) is 0 Å². The van der Waals surface area contributed by atoms with Gasteiger partial charge in [0.2, 0.25) is 0 Å². The third-order valence-corrected chi connectivity index (χ3v) is 4.81. The average molecular weight is 416 g/mol. The van der Waals surface area contributed by atoms with E-state index in [4.69, 9.17) is 13.7 Å². The number of esters is 1. The zero-order chi connectivity index (χ0) is 21.5. The first kappa shape index (κ1) is 18.7. The molecule has 0 aliphatic rings. The number of tetrazole rings is 1. The van der Waals surface area contributed by atoms with Crippen molar-refractivity contribution in [1.29, 1.82) is 0 Å². The number of ether oxygens (including phenoxy) is 1. The summed E-state index contributed by atoms with van der Waals surface area (Å²) in [5.74, 6) is 1.26. The number of hydrogen-bond donors (Lipinski definition) is 0. The lowest BCUT2D eigenvalue weighted by Gasteiger charge is -2.08. The molecule has 5 rings (SSSR count). The first-order valence-corrected chi connectivity index (χ1v) is 9.39. The van der Waals surface area contributed by atoms with Crippen LogP contribution >= 0.6 is 0 Å². The van der Waals surface area contributed by atoms with E-state index in [1.807, 2.05) is 19.9 Å². The Bertz CT molecular complexity index is 1400. The topological polar surface area (TPSA) is 122 Å². The van der Waals surface area contributed by atoms with E-state index in [1.165, 1.54) is 11.0 Å². The molecule has 31 heavy (non-hydrogen) atoms. The number of rotatable bonds is 4. The molecule has 10 heteroatoms. The van der Waals surface area contributed by atoms with Gasteiger partial charge in [-0.05, 0) is 67.6 Å². The van der Waals surface area contributed by atoms with Gasteiger partial charge in [-0.15, -0.1) is 5.10 Å². The van der Waals surface area contributed by atoms with Crippen LogP contribution in [0.3, 0.4) is 0 Å². The molecule has 0 aliphatic carbocycles. The fourth-order valence-corrected chi connectivity index (χ4v) is 3.39. The van der Waals surface area contributed by atoms with E-state index in [0.29, 0.717) is 33.8 Å². The van der Waals surface area contributed by atoms with Gasteiger partial charge in [-0.2, -0.15) is 0 Å². The standard InChI is InChI=1S/C21H16N6O4/c1-11-8-16(13(3)29-11)18-9-17(19-12(2)24-31-20(19)23-18)21(28)30-15-6-4-14(5-7-15)27-10-22-25-26-27/h4-10H,1-3H3. The number of fused-ring (bicyclic) bond motifs is 1. The minimum absolute atomic E-state index is 0.259. The molecule has 0 fully saturated rings. The van der Waals surface area contributed by atoms with Crippen LogP contribution in [-0.4, -0.2) is 36.3 Å². The summed E-state index contributed by atoms with van der Waals surface area (Å²) in [6.45, 7) is 5.43. The van der Waals surface area contributed by atoms with Crippen LogP contribution in [0.5, 0.6) is 5.75 Å². The number of carbonyl (C=O) groups excluding carboxylic acids is 1. The van der Waals surface area contributed by atoms with E-state index >= 15 is 0 Å². The lowest BCUT2D eigenvalue weighted by atomic mass is 10.1. The predicted molar refractivity (Wildman–Crippen MR) is 108 cm³/mol. The van der Waals surface area contributed by atoms with Gasteiger partial charge in [0, 0.05) is 5.56 Å². The Morgan fingerprint density at radius 2 is 1.90 bits per heavy atom. The molecule has 1 aromatic carbocycles. The molecular formula is C21H16N6O4. The number of carbonyl (C=O) groups is 1. The third-order valence-electron chi connectivity index (χ3n) is 4.81. The Morgan fingerprint density at radius 3 is 2.58 bits per heavy atom. The number of benzene rings is 1. The van der Waals surface area contributed by atoms with Gasteiger partial charge >= 0.3 is 5.97 Å².